The molecule has 2 aliphatic heterocycles. The van der Waals surface area contributed by atoms with Gasteiger partial charge < -0.3 is 14.4 Å². The SMILES string of the molecule is O=C(c1cscn1)N1C[C@@H](Oc2ncccc2F)[C@H]2OCCC[C@H]21. The van der Waals surface area contributed by atoms with Crippen molar-refractivity contribution in [2.75, 3.05) is 13.2 Å². The molecule has 0 spiro atoms. The number of ether oxygens (including phenoxy) is 2. The number of amides is 1. The molecule has 4 heterocycles. The number of nitrogens with zero attached hydrogens (tertiary/aromatic N) is 3. The number of rotatable bonds is 3. The van der Waals surface area contributed by atoms with Crippen molar-refractivity contribution in [1.82, 2.24) is 14.9 Å². The van der Waals surface area contributed by atoms with Crippen LogP contribution >= 0.6 is 11.3 Å². The van der Waals surface area contributed by atoms with E-state index in [-0.39, 0.29) is 23.9 Å². The minimum absolute atomic E-state index is 0.0571. The Hall–Kier alpha value is -2.06. The Bertz CT molecular complexity index is 727. The first-order valence-corrected chi connectivity index (χ1v) is 8.76. The summed E-state index contributed by atoms with van der Waals surface area (Å²) in [5.74, 6) is -0.711. The molecule has 1 amide bonds. The van der Waals surface area contributed by atoms with Crippen LogP contribution in [0, 0.1) is 5.82 Å². The molecule has 0 aromatic carbocycles. The molecule has 2 aliphatic rings. The molecule has 0 aliphatic carbocycles. The second-order valence-corrected chi connectivity index (χ2v) is 6.54. The van der Waals surface area contributed by atoms with Gasteiger partial charge in [0.2, 0.25) is 0 Å². The molecule has 0 saturated carbocycles. The maximum absolute atomic E-state index is 13.8. The molecular weight excluding hydrogens is 333 g/mol. The molecule has 24 heavy (non-hydrogen) atoms. The number of pyridine rings is 1. The van der Waals surface area contributed by atoms with E-state index in [0.29, 0.717) is 18.8 Å². The van der Waals surface area contributed by atoms with Crippen molar-refractivity contribution in [2.45, 2.75) is 31.1 Å². The van der Waals surface area contributed by atoms with Crippen LogP contribution < -0.4 is 4.74 Å². The molecule has 0 N–H and O–H groups in total. The van der Waals surface area contributed by atoms with Crippen LogP contribution in [0.3, 0.4) is 0 Å². The molecule has 0 unspecified atom stereocenters. The van der Waals surface area contributed by atoms with Crippen molar-refractivity contribution in [2.24, 2.45) is 0 Å². The molecule has 2 aromatic heterocycles. The fourth-order valence-electron chi connectivity index (χ4n) is 3.31. The topological polar surface area (TPSA) is 64.6 Å². The van der Waals surface area contributed by atoms with Crippen LogP contribution in [0.15, 0.2) is 29.2 Å². The number of aromatic nitrogens is 2. The third kappa shape index (κ3) is 2.76. The van der Waals surface area contributed by atoms with E-state index in [9.17, 15) is 9.18 Å². The summed E-state index contributed by atoms with van der Waals surface area (Å²) >= 11 is 1.38. The lowest BCUT2D eigenvalue weighted by Crippen LogP contribution is -2.44. The van der Waals surface area contributed by atoms with Gasteiger partial charge in [-0.3, -0.25) is 4.79 Å². The molecule has 2 fully saturated rings. The van der Waals surface area contributed by atoms with E-state index in [1.807, 2.05) is 0 Å². The maximum Gasteiger partial charge on any atom is 0.273 e. The van der Waals surface area contributed by atoms with Gasteiger partial charge in [-0.25, -0.2) is 14.4 Å². The summed E-state index contributed by atoms with van der Waals surface area (Å²) in [7, 11) is 0. The van der Waals surface area contributed by atoms with Gasteiger partial charge in [0.15, 0.2) is 5.82 Å². The summed E-state index contributed by atoms with van der Waals surface area (Å²) in [5.41, 5.74) is 2.06. The molecule has 6 nitrogen and oxygen atoms in total. The molecule has 2 saturated heterocycles. The molecule has 126 valence electrons. The van der Waals surface area contributed by atoms with Gasteiger partial charge in [-0.1, -0.05) is 0 Å². The highest BCUT2D eigenvalue weighted by atomic mass is 32.1. The van der Waals surface area contributed by atoms with E-state index in [0.717, 1.165) is 12.8 Å². The van der Waals surface area contributed by atoms with Crippen molar-refractivity contribution in [1.29, 1.82) is 0 Å². The molecule has 0 radical (unpaired) electrons. The van der Waals surface area contributed by atoms with E-state index >= 15 is 0 Å². The summed E-state index contributed by atoms with van der Waals surface area (Å²) in [6, 6.07) is 2.73. The summed E-state index contributed by atoms with van der Waals surface area (Å²) in [6.45, 7) is 0.951. The van der Waals surface area contributed by atoms with Crippen LogP contribution in [0.2, 0.25) is 0 Å². The highest BCUT2D eigenvalue weighted by Gasteiger charge is 2.48. The first-order chi connectivity index (χ1) is 11.7. The molecule has 4 rings (SSSR count). The van der Waals surface area contributed by atoms with Crippen LogP contribution in [-0.2, 0) is 4.74 Å². The monoisotopic (exact) mass is 349 g/mol. The Morgan fingerprint density at radius 3 is 3.17 bits per heavy atom. The second-order valence-electron chi connectivity index (χ2n) is 5.82. The quantitative estimate of drug-likeness (QED) is 0.849. The van der Waals surface area contributed by atoms with E-state index in [1.165, 1.54) is 29.7 Å². The Morgan fingerprint density at radius 1 is 1.46 bits per heavy atom. The molecule has 2 aromatic rings. The van der Waals surface area contributed by atoms with E-state index < -0.39 is 11.9 Å². The fourth-order valence-corrected chi connectivity index (χ4v) is 3.84. The summed E-state index contributed by atoms with van der Waals surface area (Å²) < 4.78 is 25.4. The van der Waals surface area contributed by atoms with Gasteiger partial charge in [-0.05, 0) is 25.0 Å². The van der Waals surface area contributed by atoms with Gasteiger partial charge in [0.1, 0.15) is 17.9 Å². The molecule has 8 heteroatoms. The smallest absolute Gasteiger partial charge is 0.273 e. The first kappa shape index (κ1) is 15.5. The van der Waals surface area contributed by atoms with Crippen molar-refractivity contribution < 1.29 is 18.7 Å². The van der Waals surface area contributed by atoms with Gasteiger partial charge in [-0.15, -0.1) is 11.3 Å². The first-order valence-electron chi connectivity index (χ1n) is 7.82. The lowest BCUT2D eigenvalue weighted by Gasteiger charge is -2.31. The third-order valence-corrected chi connectivity index (χ3v) is 4.96. The number of hydrogen-bond donors (Lipinski definition) is 0. The Balaban J connectivity index is 1.57. The minimum Gasteiger partial charge on any atom is -0.468 e. The predicted molar refractivity (Wildman–Crippen MR) is 84.5 cm³/mol. The zero-order valence-electron chi connectivity index (χ0n) is 12.8. The van der Waals surface area contributed by atoms with Crippen molar-refractivity contribution >= 4 is 17.2 Å². The second kappa shape index (κ2) is 6.45. The highest BCUT2D eigenvalue weighted by Crippen LogP contribution is 2.32. The average molecular weight is 349 g/mol. The van der Waals surface area contributed by atoms with Crippen molar-refractivity contribution in [3.8, 4) is 5.88 Å². The number of likely N-dealkylation sites (tertiary alicyclic amines) is 1. The van der Waals surface area contributed by atoms with Crippen LogP contribution in [0.5, 0.6) is 5.88 Å². The van der Waals surface area contributed by atoms with Gasteiger partial charge in [-0.2, -0.15) is 0 Å². The summed E-state index contributed by atoms with van der Waals surface area (Å²) in [4.78, 5) is 22.5. The molecule has 3 atom stereocenters. The molecular formula is C16H16FN3O3S. The third-order valence-electron chi connectivity index (χ3n) is 4.38. The summed E-state index contributed by atoms with van der Waals surface area (Å²) in [6.07, 6.45) is 2.48. The predicted octanol–water partition coefficient (Wildman–Crippen LogP) is 2.13. The van der Waals surface area contributed by atoms with Gasteiger partial charge in [0.05, 0.1) is 18.1 Å². The zero-order chi connectivity index (χ0) is 16.5. The number of hydrogen-bond acceptors (Lipinski definition) is 6. The van der Waals surface area contributed by atoms with Crippen LogP contribution in [0.25, 0.3) is 0 Å². The number of carbonyl (C=O) groups is 1. The Morgan fingerprint density at radius 2 is 2.38 bits per heavy atom. The number of halogens is 1. The Kier molecular flexibility index (Phi) is 4.15. The van der Waals surface area contributed by atoms with Crippen LogP contribution in [0.4, 0.5) is 4.39 Å². The van der Waals surface area contributed by atoms with Gasteiger partial charge >= 0.3 is 0 Å². The maximum atomic E-state index is 13.8. The normalized spacial score (nSPS) is 26.2. The largest absolute Gasteiger partial charge is 0.468 e. The number of fused-ring (bicyclic) bond motifs is 1. The molecule has 0 bridgehead atoms. The van der Waals surface area contributed by atoms with Crippen LogP contribution in [-0.4, -0.2) is 52.2 Å². The van der Waals surface area contributed by atoms with E-state index in [2.05, 4.69) is 9.97 Å². The number of carbonyl (C=O) groups excluding carboxylic acids is 1. The fraction of sp³-hybridized carbons (Fsp3) is 0.438. The van der Waals surface area contributed by atoms with E-state index in [1.54, 1.807) is 15.8 Å². The lowest BCUT2D eigenvalue weighted by molar-refractivity contribution is -0.0462. The van der Waals surface area contributed by atoms with Gasteiger partial charge in [0.25, 0.3) is 11.8 Å². The average Bonchev–Trinajstić information content (AvgIpc) is 3.25. The van der Waals surface area contributed by atoms with Crippen LogP contribution in [0.1, 0.15) is 23.3 Å². The van der Waals surface area contributed by atoms with Crippen molar-refractivity contribution in [3.63, 3.8) is 0 Å². The summed E-state index contributed by atoms with van der Waals surface area (Å²) in [5, 5.41) is 1.73. The number of thiazole rings is 1. The minimum atomic E-state index is -0.519. The van der Waals surface area contributed by atoms with E-state index in [4.69, 9.17) is 9.47 Å². The Labute approximate surface area is 142 Å². The lowest BCUT2D eigenvalue weighted by atomic mass is 10.0. The van der Waals surface area contributed by atoms with Crippen molar-refractivity contribution in [3.05, 3.63) is 40.7 Å². The van der Waals surface area contributed by atoms with Gasteiger partial charge in [0, 0.05) is 18.2 Å². The highest BCUT2D eigenvalue weighted by molar-refractivity contribution is 7.07. The zero-order valence-corrected chi connectivity index (χ0v) is 13.6. The standard InChI is InChI=1S/C16H16FN3O3S/c17-10-3-1-5-18-15(10)23-13-7-20(12-4-2-6-22-14(12)13)16(21)11-8-24-9-19-11/h1,3,5,8-9,12-14H,2,4,6-7H2/t12-,13-,14+/m1/s1.